The molecule has 0 radical (unpaired) electrons. The van der Waals surface area contributed by atoms with Gasteiger partial charge >= 0.3 is 0 Å². The molecule has 2 heterocycles. The van der Waals surface area contributed by atoms with Gasteiger partial charge in [0.2, 0.25) is 11.1 Å². The molecule has 0 spiro atoms. The van der Waals surface area contributed by atoms with Crippen molar-refractivity contribution in [3.05, 3.63) is 28.2 Å². The molecule has 1 amide bonds. The van der Waals surface area contributed by atoms with Crippen LogP contribution in [0.4, 0.5) is 0 Å². The van der Waals surface area contributed by atoms with E-state index in [2.05, 4.69) is 15.2 Å². The number of aromatic amines is 1. The lowest BCUT2D eigenvalue weighted by Gasteiger charge is -2.32. The fourth-order valence-corrected chi connectivity index (χ4v) is 3.86. The zero-order chi connectivity index (χ0) is 17.7. The Hall–Kier alpha value is -1.60. The zero-order valence-electron chi connectivity index (χ0n) is 14.7. The van der Waals surface area contributed by atoms with Crippen molar-refractivity contribution in [3.63, 3.8) is 0 Å². The normalized spacial score (nSPS) is 13.1. The van der Waals surface area contributed by atoms with E-state index in [1.807, 2.05) is 69.2 Å². The van der Waals surface area contributed by atoms with Crippen molar-refractivity contribution in [2.24, 2.45) is 0 Å². The summed E-state index contributed by atoms with van der Waals surface area (Å²) in [4.78, 5) is 20.1. The molecule has 1 atom stereocenters. The van der Waals surface area contributed by atoms with Crippen LogP contribution in [0.3, 0.4) is 0 Å². The van der Waals surface area contributed by atoms with Crippen LogP contribution in [0, 0.1) is 0 Å². The smallest absolute Gasteiger partial charge is 0.236 e. The van der Waals surface area contributed by atoms with E-state index in [9.17, 15) is 4.79 Å². The Bertz CT molecular complexity index is 669. The molecule has 2 aromatic rings. The predicted octanol–water partition coefficient (Wildman–Crippen LogP) is 4.16. The number of hydrogen-bond donors (Lipinski definition) is 1. The molecule has 1 unspecified atom stereocenters. The monoisotopic (exact) mass is 364 g/mol. The molecular formula is C17H24N4OS2. The van der Waals surface area contributed by atoms with Gasteiger partial charge in [-0.3, -0.25) is 9.89 Å². The van der Waals surface area contributed by atoms with Crippen LogP contribution >= 0.6 is 23.1 Å². The number of hydrogen-bond acceptors (Lipinski definition) is 5. The highest BCUT2D eigenvalue weighted by Gasteiger charge is 2.26. The molecule has 0 saturated heterocycles. The van der Waals surface area contributed by atoms with Crippen LogP contribution in [0.5, 0.6) is 0 Å². The fraction of sp³-hybridized carbons (Fsp3) is 0.471. The maximum absolute atomic E-state index is 12.6. The average Bonchev–Trinajstić information content (AvgIpc) is 3.15. The molecule has 0 aliphatic heterocycles. The number of aromatic nitrogens is 3. The van der Waals surface area contributed by atoms with Crippen molar-refractivity contribution in [1.29, 1.82) is 0 Å². The van der Waals surface area contributed by atoms with Gasteiger partial charge < -0.3 is 4.90 Å². The maximum atomic E-state index is 12.6. The molecule has 0 bridgehead atoms. The van der Waals surface area contributed by atoms with E-state index in [0.717, 1.165) is 4.88 Å². The van der Waals surface area contributed by atoms with Gasteiger partial charge in [-0.1, -0.05) is 17.8 Å². The third-order valence-corrected chi connectivity index (χ3v) is 5.21. The van der Waals surface area contributed by atoms with Gasteiger partial charge in [-0.15, -0.1) is 16.4 Å². The summed E-state index contributed by atoms with van der Waals surface area (Å²) in [6, 6.07) is 4.41. The number of amides is 1. The number of nitrogens with one attached hydrogen (secondary N) is 1. The first-order chi connectivity index (χ1) is 11.4. The minimum Gasteiger partial charge on any atom is -0.337 e. The summed E-state index contributed by atoms with van der Waals surface area (Å²) in [6.07, 6.45) is 3.89. The van der Waals surface area contributed by atoms with E-state index in [-0.39, 0.29) is 23.2 Å². The molecule has 2 rings (SSSR count). The standard InChI is InChI=1S/C17H24N4OS2/c1-11(2)21(12(3)4)16(22)13(5)24-17-18-15(19-20-17)9-8-14-7-6-10-23-14/h6-13H,1-5H3,(H,18,19,20)/b9-8+. The summed E-state index contributed by atoms with van der Waals surface area (Å²) in [5.41, 5.74) is 0. The highest BCUT2D eigenvalue weighted by Crippen LogP contribution is 2.23. The molecule has 2 aromatic heterocycles. The van der Waals surface area contributed by atoms with Crippen molar-refractivity contribution < 1.29 is 4.79 Å². The van der Waals surface area contributed by atoms with Crippen LogP contribution < -0.4 is 0 Å². The SMILES string of the molecule is CC(Sc1n[nH]c(/C=C/c2cccs2)n1)C(=O)N(C(C)C)C(C)C. The van der Waals surface area contributed by atoms with Crippen LogP contribution in [0.15, 0.2) is 22.7 Å². The van der Waals surface area contributed by atoms with Gasteiger partial charge in [-0.25, -0.2) is 4.98 Å². The summed E-state index contributed by atoms with van der Waals surface area (Å²) in [6.45, 7) is 10.1. The van der Waals surface area contributed by atoms with Crippen LogP contribution in [-0.4, -0.2) is 43.3 Å². The predicted molar refractivity (Wildman–Crippen MR) is 102 cm³/mol. The van der Waals surface area contributed by atoms with Crippen molar-refractivity contribution in [2.45, 2.75) is 57.1 Å². The Kier molecular flexibility index (Phi) is 6.62. The van der Waals surface area contributed by atoms with E-state index in [1.165, 1.54) is 11.8 Å². The molecule has 7 heteroatoms. The molecule has 130 valence electrons. The van der Waals surface area contributed by atoms with Crippen molar-refractivity contribution in [2.75, 3.05) is 0 Å². The van der Waals surface area contributed by atoms with Crippen molar-refractivity contribution in [1.82, 2.24) is 20.1 Å². The topological polar surface area (TPSA) is 61.9 Å². The average molecular weight is 365 g/mol. The van der Waals surface area contributed by atoms with Gasteiger partial charge in [0.15, 0.2) is 0 Å². The molecule has 1 N–H and O–H groups in total. The maximum Gasteiger partial charge on any atom is 0.236 e. The lowest BCUT2D eigenvalue weighted by atomic mass is 10.2. The van der Waals surface area contributed by atoms with E-state index in [0.29, 0.717) is 11.0 Å². The lowest BCUT2D eigenvalue weighted by Crippen LogP contribution is -2.45. The summed E-state index contributed by atoms with van der Waals surface area (Å²) in [5.74, 6) is 0.806. The second-order valence-electron chi connectivity index (χ2n) is 6.05. The first kappa shape index (κ1) is 18.7. The Labute approximate surface area is 151 Å². The highest BCUT2D eigenvalue weighted by atomic mass is 32.2. The number of thiophene rings is 1. The molecule has 0 fully saturated rings. The number of carbonyl (C=O) groups excluding carboxylic acids is 1. The fourth-order valence-electron chi connectivity index (χ4n) is 2.46. The minimum absolute atomic E-state index is 0.116. The van der Waals surface area contributed by atoms with Gasteiger partial charge in [0.25, 0.3) is 0 Å². The van der Waals surface area contributed by atoms with Crippen LogP contribution in [0.25, 0.3) is 12.2 Å². The second kappa shape index (κ2) is 8.48. The number of nitrogens with zero attached hydrogens (tertiary/aromatic N) is 3. The van der Waals surface area contributed by atoms with Crippen LogP contribution in [0.2, 0.25) is 0 Å². The summed E-state index contributed by atoms with van der Waals surface area (Å²) in [7, 11) is 0. The number of carbonyl (C=O) groups is 1. The third-order valence-electron chi connectivity index (χ3n) is 3.43. The molecule has 0 aliphatic rings. The van der Waals surface area contributed by atoms with Crippen molar-refractivity contribution in [3.8, 4) is 0 Å². The van der Waals surface area contributed by atoms with Gasteiger partial charge in [-0.2, -0.15) is 0 Å². The third kappa shape index (κ3) is 4.95. The Morgan fingerprint density at radius 3 is 2.54 bits per heavy atom. The largest absolute Gasteiger partial charge is 0.337 e. The van der Waals surface area contributed by atoms with E-state index in [1.54, 1.807) is 11.3 Å². The molecule has 5 nitrogen and oxygen atoms in total. The molecule has 0 saturated carbocycles. The molecular weight excluding hydrogens is 340 g/mol. The van der Waals surface area contributed by atoms with Crippen LogP contribution in [0.1, 0.15) is 45.3 Å². The number of rotatable bonds is 7. The minimum atomic E-state index is -0.222. The first-order valence-corrected chi connectivity index (χ1v) is 9.77. The van der Waals surface area contributed by atoms with Crippen molar-refractivity contribution >= 4 is 41.2 Å². The quantitative estimate of drug-likeness (QED) is 0.749. The molecule has 0 aromatic carbocycles. The van der Waals surface area contributed by atoms with Gasteiger partial charge in [0.1, 0.15) is 5.82 Å². The second-order valence-corrected chi connectivity index (χ2v) is 8.33. The Balaban J connectivity index is 1.99. The van der Waals surface area contributed by atoms with E-state index in [4.69, 9.17) is 0 Å². The number of H-pyrrole nitrogens is 1. The zero-order valence-corrected chi connectivity index (χ0v) is 16.3. The summed E-state index contributed by atoms with van der Waals surface area (Å²) < 4.78 is 0. The van der Waals surface area contributed by atoms with Gasteiger partial charge in [0, 0.05) is 17.0 Å². The first-order valence-electron chi connectivity index (χ1n) is 8.01. The lowest BCUT2D eigenvalue weighted by molar-refractivity contribution is -0.133. The van der Waals surface area contributed by atoms with Gasteiger partial charge in [0.05, 0.1) is 5.25 Å². The van der Waals surface area contributed by atoms with Crippen LogP contribution in [-0.2, 0) is 4.79 Å². The molecule has 24 heavy (non-hydrogen) atoms. The highest BCUT2D eigenvalue weighted by molar-refractivity contribution is 8.00. The molecule has 0 aliphatic carbocycles. The van der Waals surface area contributed by atoms with E-state index < -0.39 is 0 Å². The number of thioether (sulfide) groups is 1. The Morgan fingerprint density at radius 1 is 1.25 bits per heavy atom. The summed E-state index contributed by atoms with van der Waals surface area (Å²) >= 11 is 3.05. The Morgan fingerprint density at radius 2 is 1.96 bits per heavy atom. The summed E-state index contributed by atoms with van der Waals surface area (Å²) in [5, 5.41) is 9.49. The van der Waals surface area contributed by atoms with Gasteiger partial charge in [-0.05, 0) is 58.2 Å². The van der Waals surface area contributed by atoms with E-state index >= 15 is 0 Å².